The van der Waals surface area contributed by atoms with Gasteiger partial charge in [-0.25, -0.2) is 0 Å². The molecule has 124 valence electrons. The van der Waals surface area contributed by atoms with Gasteiger partial charge in [-0.3, -0.25) is 14.4 Å². The summed E-state index contributed by atoms with van der Waals surface area (Å²) in [5, 5.41) is 0. The fraction of sp³-hybridized carbons (Fsp3) is 0.667. The van der Waals surface area contributed by atoms with Gasteiger partial charge in [-0.15, -0.1) is 0 Å². The average Bonchev–Trinajstić information content (AvgIpc) is 2.35. The first-order chi connectivity index (χ1) is 10.1. The predicted octanol–water partition coefficient (Wildman–Crippen LogP) is 1.35. The Hall–Kier alpha value is -1.89. The highest BCUT2D eigenvalue weighted by Crippen LogP contribution is 2.33. The van der Waals surface area contributed by atoms with Crippen LogP contribution in [0.25, 0.3) is 0 Å². The maximum absolute atomic E-state index is 11.4. The molecule has 0 bridgehead atoms. The largest absolute Gasteiger partial charge is 0.458 e. The van der Waals surface area contributed by atoms with E-state index in [0.29, 0.717) is 5.57 Å². The van der Waals surface area contributed by atoms with E-state index in [1.165, 1.54) is 20.8 Å². The van der Waals surface area contributed by atoms with Crippen molar-refractivity contribution in [1.29, 1.82) is 0 Å². The molecule has 5 atom stereocenters. The molecule has 0 saturated carbocycles. The highest BCUT2D eigenvalue weighted by atomic mass is 16.7. The van der Waals surface area contributed by atoms with Gasteiger partial charge < -0.3 is 18.9 Å². The van der Waals surface area contributed by atoms with E-state index in [4.69, 9.17) is 18.9 Å². The number of carbonyl (C=O) groups excluding carboxylic acids is 3. The van der Waals surface area contributed by atoms with Crippen LogP contribution in [-0.4, -0.2) is 42.5 Å². The number of hydrogen-bond acceptors (Lipinski definition) is 7. The monoisotopic (exact) mass is 314 g/mol. The van der Waals surface area contributed by atoms with Crippen LogP contribution in [0.3, 0.4) is 0 Å². The lowest BCUT2D eigenvalue weighted by molar-refractivity contribution is -0.275. The fourth-order valence-electron chi connectivity index (χ4n) is 2.48. The maximum Gasteiger partial charge on any atom is 0.305 e. The van der Waals surface area contributed by atoms with E-state index in [2.05, 4.69) is 6.58 Å². The lowest BCUT2D eigenvalue weighted by atomic mass is 9.87. The van der Waals surface area contributed by atoms with Crippen LogP contribution in [0, 0.1) is 5.92 Å². The molecular formula is C15H22O7. The SMILES string of the molecule is C=C(C)[C@@H]1OC(OC(C)=O)[C@@H](OC(C)=O)[C@H](OC(C)=O)[C@@H]1C. The first-order valence-electron chi connectivity index (χ1n) is 6.96. The lowest BCUT2D eigenvalue weighted by Crippen LogP contribution is -2.57. The highest BCUT2D eigenvalue weighted by molar-refractivity contribution is 5.68. The Morgan fingerprint density at radius 1 is 0.864 bits per heavy atom. The summed E-state index contributed by atoms with van der Waals surface area (Å²) in [5.41, 5.74) is 0.683. The molecule has 0 aliphatic carbocycles. The molecule has 0 amide bonds. The molecule has 0 aromatic heterocycles. The van der Waals surface area contributed by atoms with Crippen molar-refractivity contribution in [2.45, 2.75) is 59.2 Å². The Morgan fingerprint density at radius 3 is 1.73 bits per heavy atom. The van der Waals surface area contributed by atoms with Gasteiger partial charge in [0.05, 0.1) is 6.10 Å². The molecule has 0 spiro atoms. The summed E-state index contributed by atoms with van der Waals surface area (Å²) in [6.45, 7) is 11.0. The molecule has 1 aliphatic rings. The van der Waals surface area contributed by atoms with Crippen LogP contribution < -0.4 is 0 Å². The summed E-state index contributed by atoms with van der Waals surface area (Å²) in [7, 11) is 0. The van der Waals surface area contributed by atoms with Gasteiger partial charge in [0.15, 0.2) is 6.10 Å². The second-order valence-electron chi connectivity index (χ2n) is 5.39. The fourth-order valence-corrected chi connectivity index (χ4v) is 2.48. The van der Waals surface area contributed by atoms with Crippen molar-refractivity contribution >= 4 is 17.9 Å². The van der Waals surface area contributed by atoms with Crippen LogP contribution in [0.15, 0.2) is 12.2 Å². The number of carbonyl (C=O) groups is 3. The van der Waals surface area contributed by atoms with Crippen molar-refractivity contribution in [3.8, 4) is 0 Å². The van der Waals surface area contributed by atoms with Crippen LogP contribution in [0.2, 0.25) is 0 Å². The van der Waals surface area contributed by atoms with Gasteiger partial charge in [-0.2, -0.15) is 0 Å². The molecule has 1 fully saturated rings. The van der Waals surface area contributed by atoms with Crippen molar-refractivity contribution in [2.75, 3.05) is 0 Å². The second-order valence-corrected chi connectivity index (χ2v) is 5.39. The Labute approximate surface area is 129 Å². The van der Waals surface area contributed by atoms with E-state index < -0.39 is 42.5 Å². The number of ether oxygens (including phenoxy) is 4. The molecule has 0 N–H and O–H groups in total. The van der Waals surface area contributed by atoms with E-state index in [9.17, 15) is 14.4 Å². The maximum atomic E-state index is 11.4. The van der Waals surface area contributed by atoms with Gasteiger partial charge in [-0.1, -0.05) is 19.1 Å². The molecule has 0 radical (unpaired) electrons. The predicted molar refractivity (Wildman–Crippen MR) is 75.5 cm³/mol. The zero-order valence-corrected chi connectivity index (χ0v) is 13.5. The van der Waals surface area contributed by atoms with E-state index in [1.807, 2.05) is 0 Å². The number of esters is 3. The van der Waals surface area contributed by atoms with Gasteiger partial charge in [0.25, 0.3) is 0 Å². The molecule has 1 aliphatic heterocycles. The van der Waals surface area contributed by atoms with Gasteiger partial charge in [0.1, 0.15) is 0 Å². The molecular weight excluding hydrogens is 292 g/mol. The summed E-state index contributed by atoms with van der Waals surface area (Å²) < 4.78 is 21.2. The summed E-state index contributed by atoms with van der Waals surface area (Å²) in [6.07, 6.45) is -3.50. The molecule has 1 saturated heterocycles. The minimum Gasteiger partial charge on any atom is -0.458 e. The third kappa shape index (κ3) is 4.56. The normalized spacial score (nSPS) is 31.0. The Balaban J connectivity index is 3.15. The van der Waals surface area contributed by atoms with E-state index in [-0.39, 0.29) is 5.92 Å². The van der Waals surface area contributed by atoms with Crippen LogP contribution in [0.4, 0.5) is 0 Å². The van der Waals surface area contributed by atoms with E-state index >= 15 is 0 Å². The standard InChI is InChI=1S/C15H22O7/c1-7(2)12-8(3)13(19-9(4)16)14(20-10(5)17)15(22-12)21-11(6)18/h8,12-15H,1H2,2-6H3/t8-,12+,13-,14+,15?/m1/s1. The van der Waals surface area contributed by atoms with Gasteiger partial charge in [0.2, 0.25) is 12.4 Å². The summed E-state index contributed by atoms with van der Waals surface area (Å²) in [4.78, 5) is 33.9. The van der Waals surface area contributed by atoms with Crippen molar-refractivity contribution in [2.24, 2.45) is 5.92 Å². The topological polar surface area (TPSA) is 88.1 Å². The molecule has 1 unspecified atom stereocenters. The van der Waals surface area contributed by atoms with Crippen molar-refractivity contribution < 1.29 is 33.3 Å². The minimum atomic E-state index is -1.16. The lowest BCUT2D eigenvalue weighted by Gasteiger charge is -2.43. The van der Waals surface area contributed by atoms with Gasteiger partial charge >= 0.3 is 17.9 Å². The van der Waals surface area contributed by atoms with Gasteiger partial charge in [-0.05, 0) is 6.92 Å². The molecule has 0 aromatic carbocycles. The Morgan fingerprint density at radius 2 is 1.32 bits per heavy atom. The van der Waals surface area contributed by atoms with Crippen molar-refractivity contribution in [3.05, 3.63) is 12.2 Å². The van der Waals surface area contributed by atoms with Crippen molar-refractivity contribution in [3.63, 3.8) is 0 Å². The third-order valence-corrected chi connectivity index (χ3v) is 3.24. The quantitative estimate of drug-likeness (QED) is 0.439. The highest BCUT2D eigenvalue weighted by Gasteiger charge is 2.49. The second kappa shape index (κ2) is 7.40. The van der Waals surface area contributed by atoms with Gasteiger partial charge in [0, 0.05) is 26.7 Å². The zero-order chi connectivity index (χ0) is 17.0. The van der Waals surface area contributed by atoms with Crippen LogP contribution in [0.1, 0.15) is 34.6 Å². The smallest absolute Gasteiger partial charge is 0.305 e. The number of hydrogen-bond donors (Lipinski definition) is 0. The van der Waals surface area contributed by atoms with Crippen LogP contribution in [0.5, 0.6) is 0 Å². The minimum absolute atomic E-state index is 0.322. The molecule has 22 heavy (non-hydrogen) atoms. The average molecular weight is 314 g/mol. The van der Waals surface area contributed by atoms with Crippen molar-refractivity contribution in [1.82, 2.24) is 0 Å². The molecule has 1 rings (SSSR count). The van der Waals surface area contributed by atoms with Crippen LogP contribution >= 0.6 is 0 Å². The molecule has 7 heteroatoms. The number of rotatable bonds is 4. The zero-order valence-electron chi connectivity index (χ0n) is 13.5. The molecule has 0 aromatic rings. The van der Waals surface area contributed by atoms with E-state index in [1.54, 1.807) is 13.8 Å². The molecule has 1 heterocycles. The first kappa shape index (κ1) is 18.2. The summed E-state index contributed by atoms with van der Waals surface area (Å²) >= 11 is 0. The summed E-state index contributed by atoms with van der Waals surface area (Å²) in [6, 6.07) is 0. The van der Waals surface area contributed by atoms with E-state index in [0.717, 1.165) is 0 Å². The first-order valence-corrected chi connectivity index (χ1v) is 6.96. The van der Waals surface area contributed by atoms with Crippen LogP contribution in [-0.2, 0) is 33.3 Å². The third-order valence-electron chi connectivity index (χ3n) is 3.24. The Kier molecular flexibility index (Phi) is 6.11. The summed E-state index contributed by atoms with van der Waals surface area (Å²) in [5.74, 6) is -2.04. The molecule has 7 nitrogen and oxygen atoms in total. The Bertz CT molecular complexity index is 455.